The Labute approximate surface area is 103 Å². The Hall–Kier alpha value is -1.57. The molecule has 0 aliphatic heterocycles. The van der Waals surface area contributed by atoms with Crippen molar-refractivity contribution in [2.24, 2.45) is 0 Å². The van der Waals surface area contributed by atoms with E-state index in [2.05, 4.69) is 32.2 Å². The van der Waals surface area contributed by atoms with E-state index < -0.39 is 0 Å². The van der Waals surface area contributed by atoms with E-state index >= 15 is 0 Å². The molecule has 2 heterocycles. The second kappa shape index (κ2) is 5.17. The van der Waals surface area contributed by atoms with Crippen LogP contribution >= 0.6 is 11.8 Å². The van der Waals surface area contributed by atoms with Crippen molar-refractivity contribution < 1.29 is 4.52 Å². The lowest BCUT2D eigenvalue weighted by molar-refractivity contribution is 0.374. The Balaban J connectivity index is 2.01. The van der Waals surface area contributed by atoms with E-state index in [1.807, 2.05) is 6.92 Å². The molecule has 2 rings (SSSR count). The van der Waals surface area contributed by atoms with Gasteiger partial charge in [0, 0.05) is 6.42 Å². The highest BCUT2D eigenvalue weighted by Gasteiger charge is 2.17. The van der Waals surface area contributed by atoms with Crippen molar-refractivity contribution in [2.75, 3.05) is 5.73 Å². The lowest BCUT2D eigenvalue weighted by Gasteiger charge is -2.00. The van der Waals surface area contributed by atoms with E-state index in [0.717, 1.165) is 18.7 Å². The van der Waals surface area contributed by atoms with Gasteiger partial charge in [-0.05, 0) is 13.3 Å². The number of H-pyrrole nitrogens is 1. The molecule has 0 unspecified atom stereocenters. The zero-order chi connectivity index (χ0) is 12.3. The van der Waals surface area contributed by atoms with E-state index in [9.17, 15) is 0 Å². The molecule has 2 aromatic heterocycles. The third-order valence-corrected chi connectivity index (χ3v) is 3.02. The average molecular weight is 254 g/mol. The van der Waals surface area contributed by atoms with Crippen molar-refractivity contribution in [2.45, 2.75) is 37.1 Å². The molecule has 3 N–H and O–H groups in total. The Morgan fingerprint density at radius 1 is 1.47 bits per heavy atom. The summed E-state index contributed by atoms with van der Waals surface area (Å²) < 4.78 is 5.18. The number of nitrogen functional groups attached to an aromatic ring is 1. The van der Waals surface area contributed by atoms with Gasteiger partial charge in [-0.15, -0.1) is 5.10 Å². The average Bonchev–Trinajstić information content (AvgIpc) is 2.88. The van der Waals surface area contributed by atoms with Gasteiger partial charge >= 0.3 is 0 Å². The lowest BCUT2D eigenvalue weighted by atomic mass is 10.3. The summed E-state index contributed by atoms with van der Waals surface area (Å²) in [6.45, 7) is 4.03. The number of nitrogens with zero attached hydrogens (tertiary/aromatic N) is 4. The van der Waals surface area contributed by atoms with E-state index in [-0.39, 0.29) is 5.25 Å². The summed E-state index contributed by atoms with van der Waals surface area (Å²) in [6, 6.07) is 0. The molecule has 2 aromatic rings. The maximum Gasteiger partial charge on any atom is 0.239 e. The highest BCUT2D eigenvalue weighted by molar-refractivity contribution is 7.99. The van der Waals surface area contributed by atoms with Crippen LogP contribution in [0.2, 0.25) is 0 Å². The number of aromatic amines is 1. The Kier molecular flexibility index (Phi) is 3.62. The number of rotatable bonds is 5. The van der Waals surface area contributed by atoms with Crippen molar-refractivity contribution >= 4 is 17.7 Å². The van der Waals surface area contributed by atoms with Gasteiger partial charge in [-0.1, -0.05) is 23.8 Å². The fourth-order valence-corrected chi connectivity index (χ4v) is 2.04. The number of anilines is 1. The highest BCUT2D eigenvalue weighted by Crippen LogP contribution is 2.31. The van der Waals surface area contributed by atoms with E-state index in [1.54, 1.807) is 0 Å². The number of nitrogens with two attached hydrogens (primary N) is 1. The van der Waals surface area contributed by atoms with Crippen LogP contribution in [0, 0.1) is 0 Å². The number of hydrogen-bond acceptors (Lipinski definition) is 7. The van der Waals surface area contributed by atoms with E-state index in [0.29, 0.717) is 17.0 Å². The zero-order valence-electron chi connectivity index (χ0n) is 9.67. The SMILES string of the molecule is CCCc1noc([C@H](C)Sc2n[nH]c(N)n2)n1. The standard InChI is InChI=1S/C9H14N6OS/c1-3-4-6-11-7(16-15-6)5(2)17-9-12-8(10)13-14-9/h5H,3-4H2,1-2H3,(H3,10,12,13,14)/t5-/m0/s1. The molecule has 7 nitrogen and oxygen atoms in total. The summed E-state index contributed by atoms with van der Waals surface area (Å²) in [7, 11) is 0. The van der Waals surface area contributed by atoms with Crippen molar-refractivity contribution in [3.05, 3.63) is 11.7 Å². The lowest BCUT2D eigenvalue weighted by Crippen LogP contribution is -1.91. The van der Waals surface area contributed by atoms with Crippen molar-refractivity contribution in [3.8, 4) is 0 Å². The summed E-state index contributed by atoms with van der Waals surface area (Å²) >= 11 is 1.42. The smallest absolute Gasteiger partial charge is 0.239 e. The van der Waals surface area contributed by atoms with Gasteiger partial charge in [0.1, 0.15) is 0 Å². The minimum absolute atomic E-state index is 0.00306. The van der Waals surface area contributed by atoms with Crippen molar-refractivity contribution in [3.63, 3.8) is 0 Å². The molecule has 0 spiro atoms. The summed E-state index contributed by atoms with van der Waals surface area (Å²) in [6.07, 6.45) is 1.83. The first-order valence-electron chi connectivity index (χ1n) is 5.36. The summed E-state index contributed by atoms with van der Waals surface area (Å²) in [5.74, 6) is 1.63. The molecule has 0 amide bonds. The molecule has 1 atom stereocenters. The molecule has 0 bridgehead atoms. The van der Waals surface area contributed by atoms with Crippen molar-refractivity contribution in [1.29, 1.82) is 0 Å². The van der Waals surface area contributed by atoms with E-state index in [4.69, 9.17) is 10.3 Å². The molecule has 0 radical (unpaired) electrons. The first kappa shape index (κ1) is 11.9. The number of hydrogen-bond donors (Lipinski definition) is 2. The van der Waals surface area contributed by atoms with Crippen LogP contribution in [0.15, 0.2) is 9.68 Å². The summed E-state index contributed by atoms with van der Waals surface area (Å²) in [4.78, 5) is 8.31. The molecule has 0 aliphatic rings. The largest absolute Gasteiger partial charge is 0.368 e. The van der Waals surface area contributed by atoms with Gasteiger partial charge in [0.25, 0.3) is 0 Å². The molecular formula is C9H14N6OS. The molecule has 8 heteroatoms. The maximum atomic E-state index is 5.44. The van der Waals surface area contributed by atoms with Crippen molar-refractivity contribution in [1.82, 2.24) is 25.3 Å². The second-order valence-electron chi connectivity index (χ2n) is 3.56. The molecule has 92 valence electrons. The van der Waals surface area contributed by atoms with Gasteiger partial charge in [-0.3, -0.25) is 0 Å². The number of thioether (sulfide) groups is 1. The Morgan fingerprint density at radius 2 is 2.29 bits per heavy atom. The van der Waals surface area contributed by atoms with Crippen LogP contribution in [0.1, 0.15) is 37.2 Å². The predicted octanol–water partition coefficient (Wildman–Crippen LogP) is 1.58. The van der Waals surface area contributed by atoms with Crippen LogP contribution in [0.5, 0.6) is 0 Å². The van der Waals surface area contributed by atoms with Gasteiger partial charge < -0.3 is 10.3 Å². The van der Waals surface area contributed by atoms with Crippen LogP contribution in [-0.2, 0) is 6.42 Å². The van der Waals surface area contributed by atoms with Gasteiger partial charge in [0.2, 0.25) is 17.0 Å². The van der Waals surface area contributed by atoms with Crippen LogP contribution in [0.4, 0.5) is 5.95 Å². The van der Waals surface area contributed by atoms with Crippen LogP contribution < -0.4 is 5.73 Å². The topological polar surface area (TPSA) is 107 Å². The molecule has 0 aromatic carbocycles. The first-order valence-corrected chi connectivity index (χ1v) is 6.24. The van der Waals surface area contributed by atoms with Crippen LogP contribution in [0.3, 0.4) is 0 Å². The fourth-order valence-electron chi connectivity index (χ4n) is 1.28. The monoisotopic (exact) mass is 254 g/mol. The molecule has 0 saturated carbocycles. The quantitative estimate of drug-likeness (QED) is 0.780. The molecule has 0 saturated heterocycles. The normalized spacial score (nSPS) is 12.8. The number of aryl methyl sites for hydroxylation is 1. The van der Waals surface area contributed by atoms with Gasteiger partial charge in [0.15, 0.2) is 5.82 Å². The van der Waals surface area contributed by atoms with Crippen LogP contribution in [-0.4, -0.2) is 25.3 Å². The zero-order valence-corrected chi connectivity index (χ0v) is 10.5. The van der Waals surface area contributed by atoms with Gasteiger partial charge in [-0.25, -0.2) is 5.10 Å². The maximum absolute atomic E-state index is 5.44. The van der Waals surface area contributed by atoms with Gasteiger partial charge in [-0.2, -0.15) is 9.97 Å². The molecule has 0 fully saturated rings. The molecule has 0 aliphatic carbocycles. The third kappa shape index (κ3) is 2.96. The minimum atomic E-state index is 0.00306. The Bertz CT molecular complexity index is 481. The van der Waals surface area contributed by atoms with Crippen LogP contribution in [0.25, 0.3) is 0 Å². The number of nitrogens with one attached hydrogen (secondary N) is 1. The summed E-state index contributed by atoms with van der Waals surface area (Å²) in [5, 5.41) is 11.0. The second-order valence-corrected chi connectivity index (χ2v) is 4.87. The first-order chi connectivity index (χ1) is 8.19. The fraction of sp³-hybridized carbons (Fsp3) is 0.556. The molecular weight excluding hydrogens is 240 g/mol. The third-order valence-electron chi connectivity index (χ3n) is 2.07. The highest BCUT2D eigenvalue weighted by atomic mass is 32.2. The summed E-state index contributed by atoms with van der Waals surface area (Å²) in [5.41, 5.74) is 5.44. The minimum Gasteiger partial charge on any atom is -0.368 e. The molecule has 17 heavy (non-hydrogen) atoms. The van der Waals surface area contributed by atoms with Gasteiger partial charge in [0.05, 0.1) is 5.25 Å². The Morgan fingerprint density at radius 3 is 2.94 bits per heavy atom. The van der Waals surface area contributed by atoms with E-state index in [1.165, 1.54) is 11.8 Å². The predicted molar refractivity (Wildman–Crippen MR) is 63.4 cm³/mol. The number of aromatic nitrogens is 5.